The van der Waals surface area contributed by atoms with Gasteiger partial charge in [0.25, 0.3) is 5.91 Å². The number of benzene rings is 2. The highest BCUT2D eigenvalue weighted by Crippen LogP contribution is 2.23. The van der Waals surface area contributed by atoms with E-state index in [-0.39, 0.29) is 24.3 Å². The van der Waals surface area contributed by atoms with Crippen LogP contribution in [0.25, 0.3) is 0 Å². The molecule has 0 atom stereocenters. The molecule has 0 unspecified atom stereocenters. The summed E-state index contributed by atoms with van der Waals surface area (Å²) >= 11 is 9.51. The van der Waals surface area contributed by atoms with Gasteiger partial charge in [0.15, 0.2) is 0 Å². The molecule has 5 nitrogen and oxygen atoms in total. The Hall–Kier alpha value is -2.05. The first kappa shape index (κ1) is 21.3. The second-order valence-corrected chi connectivity index (χ2v) is 7.60. The summed E-state index contributed by atoms with van der Waals surface area (Å²) in [5.74, 6) is 0.354. The van der Waals surface area contributed by atoms with E-state index in [1.165, 1.54) is 0 Å². The van der Waals surface area contributed by atoms with Gasteiger partial charge in [0.2, 0.25) is 5.91 Å². The number of anilines is 1. The molecule has 144 valence electrons. The lowest BCUT2D eigenvalue weighted by Crippen LogP contribution is -2.30. The molecule has 2 amide bonds. The summed E-state index contributed by atoms with van der Waals surface area (Å²) in [6, 6.07) is 12.4. The fraction of sp³-hybridized carbons (Fsp3) is 0.300. The Morgan fingerprint density at radius 3 is 2.67 bits per heavy atom. The molecule has 0 aliphatic heterocycles. The van der Waals surface area contributed by atoms with Gasteiger partial charge in [-0.2, -0.15) is 0 Å². The number of ether oxygens (including phenoxy) is 1. The summed E-state index contributed by atoms with van der Waals surface area (Å²) in [4.78, 5) is 24.2. The highest BCUT2D eigenvalue weighted by atomic mass is 79.9. The average Bonchev–Trinajstić information content (AvgIpc) is 2.60. The van der Waals surface area contributed by atoms with Gasteiger partial charge in [0.05, 0.1) is 17.3 Å². The van der Waals surface area contributed by atoms with Crippen LogP contribution in [0.15, 0.2) is 46.9 Å². The number of halogens is 2. The molecule has 0 fully saturated rings. The predicted molar refractivity (Wildman–Crippen MR) is 112 cm³/mol. The van der Waals surface area contributed by atoms with Crippen molar-refractivity contribution in [3.05, 3.63) is 57.5 Å². The fourth-order valence-electron chi connectivity index (χ4n) is 2.30. The lowest BCUT2D eigenvalue weighted by molar-refractivity contribution is -0.116. The van der Waals surface area contributed by atoms with E-state index >= 15 is 0 Å². The standard InChI is InChI=1S/C20H22BrClN2O3/c1-13(2)23-20(26)14-8-9-17(22)18(11-14)24-19(25)7-4-10-27-16-6-3-5-15(21)12-16/h3,5-6,8-9,11-13H,4,7,10H2,1-2H3,(H,23,26)(H,24,25). The molecule has 0 radical (unpaired) electrons. The Morgan fingerprint density at radius 1 is 1.19 bits per heavy atom. The molecule has 0 heterocycles. The minimum absolute atomic E-state index is 0.0245. The van der Waals surface area contributed by atoms with E-state index in [4.69, 9.17) is 16.3 Å². The molecule has 0 aliphatic rings. The van der Waals surface area contributed by atoms with E-state index < -0.39 is 0 Å². The van der Waals surface area contributed by atoms with E-state index in [0.29, 0.717) is 29.3 Å². The molecule has 0 bridgehead atoms. The topological polar surface area (TPSA) is 67.4 Å². The monoisotopic (exact) mass is 452 g/mol. The zero-order chi connectivity index (χ0) is 19.8. The number of nitrogens with one attached hydrogen (secondary N) is 2. The number of carbonyl (C=O) groups is 2. The summed E-state index contributed by atoms with van der Waals surface area (Å²) in [6.45, 7) is 4.19. The van der Waals surface area contributed by atoms with Crippen LogP contribution in [0, 0.1) is 0 Å². The lowest BCUT2D eigenvalue weighted by Gasteiger charge is -2.12. The number of amides is 2. The first-order chi connectivity index (χ1) is 12.8. The predicted octanol–water partition coefficient (Wildman–Crippen LogP) is 5.04. The van der Waals surface area contributed by atoms with Crippen LogP contribution in [-0.2, 0) is 4.79 Å². The minimum atomic E-state index is -0.209. The van der Waals surface area contributed by atoms with Crippen molar-refractivity contribution in [2.24, 2.45) is 0 Å². The van der Waals surface area contributed by atoms with Gasteiger partial charge < -0.3 is 15.4 Å². The third-order valence-corrected chi connectivity index (χ3v) is 4.36. The lowest BCUT2D eigenvalue weighted by atomic mass is 10.1. The summed E-state index contributed by atoms with van der Waals surface area (Å²) in [5, 5.41) is 5.94. The summed E-state index contributed by atoms with van der Waals surface area (Å²) in [5.41, 5.74) is 0.868. The van der Waals surface area contributed by atoms with Crippen LogP contribution in [0.1, 0.15) is 37.0 Å². The molecular formula is C20H22BrClN2O3. The molecule has 0 saturated heterocycles. The van der Waals surface area contributed by atoms with Crippen molar-refractivity contribution in [3.63, 3.8) is 0 Å². The van der Waals surface area contributed by atoms with Crippen LogP contribution in [0.5, 0.6) is 5.75 Å². The zero-order valence-electron chi connectivity index (χ0n) is 15.2. The second kappa shape index (κ2) is 10.3. The molecule has 0 saturated carbocycles. The Kier molecular flexibility index (Phi) is 8.13. The molecule has 0 aliphatic carbocycles. The molecule has 27 heavy (non-hydrogen) atoms. The summed E-state index contributed by atoms with van der Waals surface area (Å²) in [7, 11) is 0. The Labute approximate surface area is 172 Å². The van der Waals surface area contributed by atoms with Gasteiger partial charge in [-0.25, -0.2) is 0 Å². The first-order valence-corrected chi connectivity index (χ1v) is 9.81. The van der Waals surface area contributed by atoms with Crippen molar-refractivity contribution in [1.29, 1.82) is 0 Å². The van der Waals surface area contributed by atoms with Crippen LogP contribution >= 0.6 is 27.5 Å². The van der Waals surface area contributed by atoms with Crippen LogP contribution in [0.2, 0.25) is 5.02 Å². The van der Waals surface area contributed by atoms with Gasteiger partial charge in [-0.05, 0) is 56.7 Å². The molecule has 0 spiro atoms. The molecule has 2 N–H and O–H groups in total. The summed E-state index contributed by atoms with van der Waals surface area (Å²) in [6.07, 6.45) is 0.843. The second-order valence-electron chi connectivity index (χ2n) is 6.28. The Morgan fingerprint density at radius 2 is 1.96 bits per heavy atom. The quantitative estimate of drug-likeness (QED) is 0.550. The van der Waals surface area contributed by atoms with Crippen LogP contribution in [-0.4, -0.2) is 24.5 Å². The first-order valence-electron chi connectivity index (χ1n) is 8.64. The molecular weight excluding hydrogens is 432 g/mol. The Bertz CT molecular complexity index is 812. The number of hydrogen-bond donors (Lipinski definition) is 2. The van der Waals surface area contributed by atoms with E-state index in [1.807, 2.05) is 38.1 Å². The minimum Gasteiger partial charge on any atom is -0.494 e. The van der Waals surface area contributed by atoms with Gasteiger partial charge in [-0.3, -0.25) is 9.59 Å². The molecule has 2 aromatic rings. The van der Waals surface area contributed by atoms with E-state index in [9.17, 15) is 9.59 Å². The van der Waals surface area contributed by atoms with Crippen LogP contribution in [0.4, 0.5) is 5.69 Å². The SMILES string of the molecule is CC(C)NC(=O)c1ccc(Cl)c(NC(=O)CCCOc2cccc(Br)c2)c1. The smallest absolute Gasteiger partial charge is 0.251 e. The number of carbonyl (C=O) groups excluding carboxylic acids is 2. The van der Waals surface area contributed by atoms with Gasteiger partial charge in [-0.1, -0.05) is 33.6 Å². The zero-order valence-corrected chi connectivity index (χ0v) is 17.6. The molecule has 7 heteroatoms. The normalized spacial score (nSPS) is 10.6. The van der Waals surface area contributed by atoms with E-state index in [0.717, 1.165) is 10.2 Å². The average molecular weight is 454 g/mol. The maximum atomic E-state index is 12.2. The maximum Gasteiger partial charge on any atom is 0.251 e. The van der Waals surface area contributed by atoms with Gasteiger partial charge in [0, 0.05) is 22.5 Å². The largest absolute Gasteiger partial charge is 0.494 e. The van der Waals surface area contributed by atoms with Crippen LogP contribution < -0.4 is 15.4 Å². The summed E-state index contributed by atoms with van der Waals surface area (Å²) < 4.78 is 6.55. The Balaban J connectivity index is 1.85. The third kappa shape index (κ3) is 7.23. The molecule has 2 rings (SSSR count). The van der Waals surface area contributed by atoms with Gasteiger partial charge in [0.1, 0.15) is 5.75 Å². The third-order valence-electron chi connectivity index (χ3n) is 3.54. The van der Waals surface area contributed by atoms with E-state index in [2.05, 4.69) is 26.6 Å². The molecule has 0 aromatic heterocycles. The van der Waals surface area contributed by atoms with Crippen molar-refractivity contribution in [1.82, 2.24) is 5.32 Å². The highest BCUT2D eigenvalue weighted by molar-refractivity contribution is 9.10. The fourth-order valence-corrected chi connectivity index (χ4v) is 2.84. The van der Waals surface area contributed by atoms with Crippen molar-refractivity contribution >= 4 is 45.0 Å². The van der Waals surface area contributed by atoms with E-state index in [1.54, 1.807) is 18.2 Å². The maximum absolute atomic E-state index is 12.2. The highest BCUT2D eigenvalue weighted by Gasteiger charge is 2.12. The molecule has 2 aromatic carbocycles. The van der Waals surface area contributed by atoms with Gasteiger partial charge >= 0.3 is 0 Å². The number of rotatable bonds is 8. The van der Waals surface area contributed by atoms with Crippen molar-refractivity contribution < 1.29 is 14.3 Å². The van der Waals surface area contributed by atoms with Crippen LogP contribution in [0.3, 0.4) is 0 Å². The van der Waals surface area contributed by atoms with Crippen molar-refractivity contribution in [2.45, 2.75) is 32.7 Å². The van der Waals surface area contributed by atoms with Gasteiger partial charge in [-0.15, -0.1) is 0 Å². The van der Waals surface area contributed by atoms with Crippen molar-refractivity contribution in [2.75, 3.05) is 11.9 Å². The number of hydrogen-bond acceptors (Lipinski definition) is 3. The van der Waals surface area contributed by atoms with Crippen molar-refractivity contribution in [3.8, 4) is 5.75 Å².